The molecule has 1 amide bonds. The molecule has 34 heavy (non-hydrogen) atoms. The molecule has 2 fully saturated rings. The first-order valence-corrected chi connectivity index (χ1v) is 11.8. The molecule has 0 unspecified atom stereocenters. The quantitative estimate of drug-likeness (QED) is 0.510. The summed E-state index contributed by atoms with van der Waals surface area (Å²) in [5, 5.41) is 26.4. The van der Waals surface area contributed by atoms with E-state index in [1.807, 2.05) is 45.0 Å². The molecule has 0 atom stereocenters. The highest BCUT2D eigenvalue weighted by Gasteiger charge is 2.30. The molecule has 2 aliphatic heterocycles. The lowest BCUT2D eigenvalue weighted by Gasteiger charge is -2.32. The average Bonchev–Trinajstić information content (AvgIpc) is 2.80. The summed E-state index contributed by atoms with van der Waals surface area (Å²) in [6, 6.07) is 11.1. The number of amides is 1. The number of nitrogens with one attached hydrogen (secondary N) is 1. The van der Waals surface area contributed by atoms with Crippen LogP contribution in [0.15, 0.2) is 48.8 Å². The SMILES string of the molecule is CC(C)(C)OC(=O)N1CCC(c2cccc[n+]2[O-])CC1.Cl.[O-][n+]1ccccc1C1CCNCC1. The van der Waals surface area contributed by atoms with Crippen molar-refractivity contribution >= 4 is 18.5 Å². The number of aromatic nitrogens is 2. The van der Waals surface area contributed by atoms with E-state index in [0.717, 1.165) is 59.6 Å². The Bertz CT molecular complexity index is 908. The topological polar surface area (TPSA) is 95.5 Å². The van der Waals surface area contributed by atoms with Crippen molar-refractivity contribution in [1.82, 2.24) is 10.2 Å². The van der Waals surface area contributed by atoms with Gasteiger partial charge < -0.3 is 25.4 Å². The molecule has 0 radical (unpaired) electrons. The van der Waals surface area contributed by atoms with Gasteiger partial charge in [-0.1, -0.05) is 12.1 Å². The third-order valence-electron chi connectivity index (χ3n) is 6.03. The van der Waals surface area contributed by atoms with Gasteiger partial charge in [-0.15, -0.1) is 12.4 Å². The maximum Gasteiger partial charge on any atom is 0.410 e. The Hall–Kier alpha value is -2.58. The minimum atomic E-state index is -0.467. The van der Waals surface area contributed by atoms with E-state index in [-0.39, 0.29) is 24.4 Å². The van der Waals surface area contributed by atoms with Crippen molar-refractivity contribution in [3.63, 3.8) is 0 Å². The predicted molar refractivity (Wildman–Crippen MR) is 133 cm³/mol. The first kappa shape index (κ1) is 27.7. The van der Waals surface area contributed by atoms with Crippen molar-refractivity contribution in [2.24, 2.45) is 0 Å². The molecule has 2 aromatic rings. The summed E-state index contributed by atoms with van der Waals surface area (Å²) in [6.45, 7) is 8.91. The minimum Gasteiger partial charge on any atom is -0.618 e. The van der Waals surface area contributed by atoms with Crippen LogP contribution in [0.5, 0.6) is 0 Å². The van der Waals surface area contributed by atoms with E-state index in [0.29, 0.717) is 19.0 Å². The van der Waals surface area contributed by atoms with Crippen LogP contribution in [-0.2, 0) is 4.74 Å². The largest absolute Gasteiger partial charge is 0.618 e. The fraction of sp³-hybridized carbons (Fsp3) is 0.560. The van der Waals surface area contributed by atoms with E-state index in [9.17, 15) is 15.2 Å². The molecule has 8 nitrogen and oxygen atoms in total. The number of hydrogen-bond acceptors (Lipinski definition) is 5. The summed E-state index contributed by atoms with van der Waals surface area (Å²) in [7, 11) is 0. The van der Waals surface area contributed by atoms with Crippen molar-refractivity contribution in [2.75, 3.05) is 26.2 Å². The lowest BCUT2D eigenvalue weighted by molar-refractivity contribution is -0.616. The number of halogens is 1. The number of piperidine rings is 2. The minimum absolute atomic E-state index is 0. The van der Waals surface area contributed by atoms with Gasteiger partial charge in [0.25, 0.3) is 0 Å². The summed E-state index contributed by atoms with van der Waals surface area (Å²) in [5.74, 6) is 0.660. The van der Waals surface area contributed by atoms with Crippen LogP contribution in [0.4, 0.5) is 4.79 Å². The van der Waals surface area contributed by atoms with Gasteiger partial charge in [-0.05, 0) is 59.5 Å². The van der Waals surface area contributed by atoms with E-state index < -0.39 is 5.60 Å². The first-order valence-electron chi connectivity index (χ1n) is 11.8. The molecule has 9 heteroatoms. The van der Waals surface area contributed by atoms with Gasteiger partial charge in [0.1, 0.15) is 5.60 Å². The molecule has 0 spiro atoms. The number of likely N-dealkylation sites (tertiary alicyclic amines) is 1. The molecule has 2 aromatic heterocycles. The van der Waals surface area contributed by atoms with Crippen LogP contribution in [-0.4, -0.2) is 42.8 Å². The van der Waals surface area contributed by atoms with Gasteiger partial charge in [0, 0.05) is 49.2 Å². The number of nitrogens with zero attached hydrogens (tertiary/aromatic N) is 3. The molecular weight excluding hydrogens is 456 g/mol. The standard InChI is InChI=1S/C15H22N2O3.C10H14N2O.ClH/c1-15(2,3)20-14(18)16-10-7-12(8-11-16)13-6-4-5-9-17(13)19;13-12-8-2-1-3-10(12)9-4-6-11-7-5-9;/h4-6,9,12H,7-8,10-11H2,1-3H3;1-3,8-9,11H,4-7H2;1H. The number of pyridine rings is 2. The zero-order valence-corrected chi connectivity index (χ0v) is 21.1. The fourth-order valence-electron chi connectivity index (χ4n) is 4.32. The van der Waals surface area contributed by atoms with Crippen LogP contribution >= 0.6 is 12.4 Å². The number of ether oxygens (including phenoxy) is 1. The van der Waals surface area contributed by atoms with Crippen LogP contribution < -0.4 is 14.8 Å². The smallest absolute Gasteiger partial charge is 0.410 e. The molecular formula is C25H37ClN4O4. The summed E-state index contributed by atoms with van der Waals surface area (Å²) in [5.41, 5.74) is 1.24. The summed E-state index contributed by atoms with van der Waals surface area (Å²) in [4.78, 5) is 13.7. The van der Waals surface area contributed by atoms with Crippen LogP contribution in [0.25, 0.3) is 0 Å². The lowest BCUT2D eigenvalue weighted by Crippen LogP contribution is -2.43. The molecule has 0 aliphatic carbocycles. The van der Waals surface area contributed by atoms with Gasteiger partial charge >= 0.3 is 6.09 Å². The summed E-state index contributed by atoms with van der Waals surface area (Å²) in [6.07, 6.45) is 6.58. The maximum absolute atomic E-state index is 12.0. The molecule has 0 bridgehead atoms. The van der Waals surface area contributed by atoms with Gasteiger partial charge in [-0.2, -0.15) is 9.46 Å². The molecule has 4 heterocycles. The molecule has 2 aliphatic rings. The fourth-order valence-corrected chi connectivity index (χ4v) is 4.32. The number of hydrogen-bond donors (Lipinski definition) is 1. The van der Waals surface area contributed by atoms with Crippen molar-refractivity contribution in [1.29, 1.82) is 0 Å². The molecule has 4 rings (SSSR count). The number of rotatable bonds is 2. The third-order valence-corrected chi connectivity index (χ3v) is 6.03. The van der Waals surface area contributed by atoms with Crippen molar-refractivity contribution < 1.29 is 19.0 Å². The Kier molecular flexibility index (Phi) is 10.4. The van der Waals surface area contributed by atoms with Crippen molar-refractivity contribution in [3.8, 4) is 0 Å². The van der Waals surface area contributed by atoms with Gasteiger partial charge in [0.2, 0.25) is 0 Å². The molecule has 0 aromatic carbocycles. The monoisotopic (exact) mass is 492 g/mol. The van der Waals surface area contributed by atoms with Crippen molar-refractivity contribution in [2.45, 2.75) is 63.9 Å². The number of carbonyl (C=O) groups is 1. The van der Waals surface area contributed by atoms with Gasteiger partial charge in [0.05, 0.1) is 0 Å². The van der Waals surface area contributed by atoms with Crippen LogP contribution in [0.3, 0.4) is 0 Å². The normalized spacial score (nSPS) is 17.2. The molecule has 188 valence electrons. The van der Waals surface area contributed by atoms with E-state index in [1.54, 1.807) is 23.2 Å². The Morgan fingerprint density at radius 1 is 0.912 bits per heavy atom. The summed E-state index contributed by atoms with van der Waals surface area (Å²) < 4.78 is 7.28. The second kappa shape index (κ2) is 12.8. The average molecular weight is 493 g/mol. The first-order chi connectivity index (χ1) is 15.7. The highest BCUT2D eigenvalue weighted by Crippen LogP contribution is 2.26. The molecule has 2 saturated heterocycles. The van der Waals surface area contributed by atoms with Gasteiger partial charge in [-0.3, -0.25) is 0 Å². The zero-order valence-electron chi connectivity index (χ0n) is 20.3. The second-order valence-electron chi connectivity index (χ2n) is 9.67. The number of carbonyl (C=O) groups excluding carboxylic acids is 1. The summed E-state index contributed by atoms with van der Waals surface area (Å²) >= 11 is 0. The Morgan fingerprint density at radius 3 is 1.82 bits per heavy atom. The second-order valence-corrected chi connectivity index (χ2v) is 9.67. The van der Waals surface area contributed by atoms with Crippen LogP contribution in [0.2, 0.25) is 0 Å². The highest BCUT2D eigenvalue weighted by atomic mass is 35.5. The zero-order chi connectivity index (χ0) is 23.8. The lowest BCUT2D eigenvalue weighted by atomic mass is 9.93. The van der Waals surface area contributed by atoms with Gasteiger partial charge in [0.15, 0.2) is 23.8 Å². The third kappa shape index (κ3) is 8.02. The van der Waals surface area contributed by atoms with Crippen LogP contribution in [0, 0.1) is 10.4 Å². The van der Waals surface area contributed by atoms with E-state index in [2.05, 4.69) is 5.32 Å². The molecule has 1 N–H and O–H groups in total. The highest BCUT2D eigenvalue weighted by molar-refractivity contribution is 5.85. The van der Waals surface area contributed by atoms with E-state index in [1.165, 1.54) is 6.20 Å². The van der Waals surface area contributed by atoms with E-state index in [4.69, 9.17) is 4.74 Å². The van der Waals surface area contributed by atoms with E-state index >= 15 is 0 Å². The predicted octanol–water partition coefficient (Wildman–Crippen LogP) is 3.64. The molecule has 0 saturated carbocycles. The Balaban J connectivity index is 0.000000253. The Labute approximate surface area is 208 Å². The van der Waals surface area contributed by atoms with Gasteiger partial charge in [-0.25, -0.2) is 4.79 Å². The maximum atomic E-state index is 12.0. The van der Waals surface area contributed by atoms with Crippen molar-refractivity contribution in [3.05, 3.63) is 70.6 Å². The van der Waals surface area contributed by atoms with Crippen LogP contribution in [0.1, 0.15) is 69.7 Å². The Morgan fingerprint density at radius 2 is 1.38 bits per heavy atom.